The number of ether oxygens (including phenoxy) is 2. The molecule has 6 heteroatoms. The van der Waals surface area contributed by atoms with Gasteiger partial charge in [-0.3, -0.25) is 0 Å². The third kappa shape index (κ3) is 3.59. The third-order valence-corrected chi connectivity index (χ3v) is 4.91. The van der Waals surface area contributed by atoms with Crippen LogP contribution in [-0.2, 0) is 11.3 Å². The zero-order valence-corrected chi connectivity index (χ0v) is 14.5. The maximum Gasteiger partial charge on any atom is 0.194 e. The van der Waals surface area contributed by atoms with Crippen molar-refractivity contribution >= 4 is 5.96 Å². The predicted molar refractivity (Wildman–Crippen MR) is 93.5 cm³/mol. The van der Waals surface area contributed by atoms with Crippen LogP contribution in [0.4, 0.5) is 0 Å². The van der Waals surface area contributed by atoms with Crippen LogP contribution in [0.5, 0.6) is 11.5 Å². The summed E-state index contributed by atoms with van der Waals surface area (Å²) in [6.45, 7) is 7.23. The fourth-order valence-corrected chi connectivity index (χ4v) is 3.51. The second-order valence-corrected chi connectivity index (χ2v) is 6.65. The van der Waals surface area contributed by atoms with Gasteiger partial charge in [-0.2, -0.15) is 0 Å². The molecule has 2 fully saturated rings. The average Bonchev–Trinajstić information content (AvgIpc) is 3.22. The first kappa shape index (κ1) is 16.9. The van der Waals surface area contributed by atoms with E-state index in [-0.39, 0.29) is 5.75 Å². The molecule has 0 amide bonds. The van der Waals surface area contributed by atoms with E-state index in [9.17, 15) is 5.11 Å². The molecule has 3 rings (SSSR count). The molecule has 1 aromatic carbocycles. The van der Waals surface area contributed by atoms with Gasteiger partial charge in [-0.05, 0) is 37.5 Å². The molecule has 1 atom stereocenters. The van der Waals surface area contributed by atoms with Crippen molar-refractivity contribution in [1.82, 2.24) is 10.2 Å². The van der Waals surface area contributed by atoms with E-state index in [0.717, 1.165) is 50.8 Å². The predicted octanol–water partition coefficient (Wildman–Crippen LogP) is 1.98. The molecule has 2 saturated heterocycles. The van der Waals surface area contributed by atoms with E-state index < -0.39 is 0 Å². The molecule has 0 radical (unpaired) electrons. The van der Waals surface area contributed by atoms with Crippen LogP contribution in [0.2, 0.25) is 0 Å². The lowest BCUT2D eigenvalue weighted by molar-refractivity contribution is 0.156. The van der Waals surface area contributed by atoms with Crippen molar-refractivity contribution in [2.45, 2.75) is 26.3 Å². The second-order valence-electron chi connectivity index (χ2n) is 6.65. The molecule has 24 heavy (non-hydrogen) atoms. The van der Waals surface area contributed by atoms with E-state index in [1.807, 2.05) is 6.07 Å². The zero-order chi connectivity index (χ0) is 17.0. The normalized spacial score (nSPS) is 23.9. The molecule has 2 heterocycles. The van der Waals surface area contributed by atoms with Crippen molar-refractivity contribution in [3.05, 3.63) is 23.8 Å². The standard InChI is InChI=1S/C18H27N3O3/c1-3-19-17(21-8-6-18(12-21)7-9-24-13-18)20-11-14-4-5-16(23-2)15(22)10-14/h4-5,10,22H,3,6-9,11-13H2,1-2H3,(H,19,20). The number of hydrogen-bond acceptors (Lipinski definition) is 4. The van der Waals surface area contributed by atoms with Crippen LogP contribution in [0.1, 0.15) is 25.3 Å². The monoisotopic (exact) mass is 333 g/mol. The number of rotatable bonds is 4. The van der Waals surface area contributed by atoms with Crippen LogP contribution >= 0.6 is 0 Å². The Morgan fingerprint density at radius 2 is 2.33 bits per heavy atom. The highest BCUT2D eigenvalue weighted by Gasteiger charge is 2.42. The number of phenols is 1. The second kappa shape index (κ2) is 7.30. The lowest BCUT2D eigenvalue weighted by Crippen LogP contribution is -2.41. The van der Waals surface area contributed by atoms with E-state index in [2.05, 4.69) is 17.1 Å². The molecule has 1 unspecified atom stereocenters. The molecule has 1 spiro atoms. The summed E-state index contributed by atoms with van der Waals surface area (Å²) < 4.78 is 10.7. The minimum Gasteiger partial charge on any atom is -0.504 e. The van der Waals surface area contributed by atoms with E-state index in [1.165, 1.54) is 6.42 Å². The Labute approximate surface area is 143 Å². The summed E-state index contributed by atoms with van der Waals surface area (Å²) in [6.07, 6.45) is 2.32. The van der Waals surface area contributed by atoms with Gasteiger partial charge in [0, 0.05) is 31.7 Å². The van der Waals surface area contributed by atoms with Gasteiger partial charge in [0.2, 0.25) is 0 Å². The molecular formula is C18H27N3O3. The summed E-state index contributed by atoms with van der Waals surface area (Å²) in [5, 5.41) is 13.3. The smallest absolute Gasteiger partial charge is 0.194 e. The number of guanidine groups is 1. The summed E-state index contributed by atoms with van der Waals surface area (Å²) in [6, 6.07) is 5.41. The molecule has 6 nitrogen and oxygen atoms in total. The maximum atomic E-state index is 9.90. The van der Waals surface area contributed by atoms with Gasteiger partial charge in [-0.15, -0.1) is 0 Å². The number of methoxy groups -OCH3 is 1. The first-order valence-electron chi connectivity index (χ1n) is 8.63. The number of benzene rings is 1. The summed E-state index contributed by atoms with van der Waals surface area (Å²) in [5.74, 6) is 1.58. The van der Waals surface area contributed by atoms with Crippen LogP contribution in [0.15, 0.2) is 23.2 Å². The van der Waals surface area contributed by atoms with Crippen LogP contribution < -0.4 is 10.1 Å². The van der Waals surface area contributed by atoms with Crippen molar-refractivity contribution in [3.8, 4) is 11.5 Å². The molecule has 1 aromatic rings. The number of likely N-dealkylation sites (tertiary alicyclic amines) is 1. The Morgan fingerprint density at radius 1 is 1.46 bits per heavy atom. The van der Waals surface area contributed by atoms with Crippen LogP contribution in [0.3, 0.4) is 0 Å². The molecule has 2 N–H and O–H groups in total. The Balaban J connectivity index is 1.69. The first-order valence-corrected chi connectivity index (χ1v) is 8.63. The summed E-state index contributed by atoms with van der Waals surface area (Å²) in [4.78, 5) is 7.09. The number of phenolic OH excluding ortho intramolecular Hbond substituents is 1. The van der Waals surface area contributed by atoms with Gasteiger partial charge < -0.3 is 24.8 Å². The Bertz CT molecular complexity index is 597. The minimum absolute atomic E-state index is 0.151. The Hall–Kier alpha value is -1.95. The number of nitrogens with one attached hydrogen (secondary N) is 1. The fourth-order valence-electron chi connectivity index (χ4n) is 3.51. The van der Waals surface area contributed by atoms with E-state index >= 15 is 0 Å². The van der Waals surface area contributed by atoms with Crippen molar-refractivity contribution in [3.63, 3.8) is 0 Å². The fraction of sp³-hybridized carbons (Fsp3) is 0.611. The molecule has 2 aliphatic rings. The van der Waals surface area contributed by atoms with Crippen molar-refractivity contribution in [2.75, 3.05) is 40.0 Å². The number of aromatic hydroxyl groups is 1. The highest BCUT2D eigenvalue weighted by Crippen LogP contribution is 2.38. The number of nitrogens with zero attached hydrogens (tertiary/aromatic N) is 2. The van der Waals surface area contributed by atoms with Gasteiger partial charge in [0.05, 0.1) is 20.3 Å². The van der Waals surface area contributed by atoms with Gasteiger partial charge >= 0.3 is 0 Å². The largest absolute Gasteiger partial charge is 0.504 e. The Kier molecular flexibility index (Phi) is 5.14. The van der Waals surface area contributed by atoms with E-state index in [1.54, 1.807) is 19.2 Å². The van der Waals surface area contributed by atoms with Gasteiger partial charge in [0.1, 0.15) is 0 Å². The maximum absolute atomic E-state index is 9.90. The molecule has 0 saturated carbocycles. The van der Waals surface area contributed by atoms with Crippen LogP contribution in [0, 0.1) is 5.41 Å². The molecular weight excluding hydrogens is 306 g/mol. The SMILES string of the molecule is CCNC(=NCc1ccc(OC)c(O)c1)N1CCC2(CCOC2)C1. The molecule has 0 aromatic heterocycles. The van der Waals surface area contributed by atoms with Crippen molar-refractivity contribution in [1.29, 1.82) is 0 Å². The summed E-state index contributed by atoms with van der Waals surface area (Å²) in [7, 11) is 1.55. The van der Waals surface area contributed by atoms with Gasteiger partial charge in [-0.25, -0.2) is 4.99 Å². The Morgan fingerprint density at radius 3 is 3.00 bits per heavy atom. The molecule has 2 aliphatic heterocycles. The van der Waals surface area contributed by atoms with Gasteiger partial charge in [-0.1, -0.05) is 6.07 Å². The number of hydrogen-bond donors (Lipinski definition) is 2. The lowest BCUT2D eigenvalue weighted by Gasteiger charge is -2.25. The van der Waals surface area contributed by atoms with E-state index in [4.69, 9.17) is 14.5 Å². The average molecular weight is 333 g/mol. The number of aliphatic imine (C=N–C) groups is 1. The minimum atomic E-state index is 0.151. The van der Waals surface area contributed by atoms with Gasteiger partial charge in [0.15, 0.2) is 17.5 Å². The molecule has 0 bridgehead atoms. The highest BCUT2D eigenvalue weighted by atomic mass is 16.5. The summed E-state index contributed by atoms with van der Waals surface area (Å²) >= 11 is 0. The van der Waals surface area contributed by atoms with Crippen molar-refractivity contribution in [2.24, 2.45) is 10.4 Å². The topological polar surface area (TPSA) is 66.3 Å². The van der Waals surface area contributed by atoms with Crippen LogP contribution in [-0.4, -0.2) is 55.9 Å². The highest BCUT2D eigenvalue weighted by molar-refractivity contribution is 5.80. The van der Waals surface area contributed by atoms with E-state index in [0.29, 0.717) is 17.7 Å². The molecule has 132 valence electrons. The molecule has 0 aliphatic carbocycles. The van der Waals surface area contributed by atoms with Crippen molar-refractivity contribution < 1.29 is 14.6 Å². The quantitative estimate of drug-likeness (QED) is 0.651. The van der Waals surface area contributed by atoms with Crippen LogP contribution in [0.25, 0.3) is 0 Å². The zero-order valence-electron chi connectivity index (χ0n) is 14.5. The first-order chi connectivity index (χ1) is 11.7. The lowest BCUT2D eigenvalue weighted by atomic mass is 9.87. The van der Waals surface area contributed by atoms with Gasteiger partial charge in [0.25, 0.3) is 0 Å². The third-order valence-electron chi connectivity index (χ3n) is 4.91. The summed E-state index contributed by atoms with van der Waals surface area (Å²) in [5.41, 5.74) is 1.27.